The standard InChI is InChI=1S/C13H17NO2/c1-2-16-13(15)12-11(14-12)9-8-10-6-4-3-5-7-10/h3-7,11-12,14H,2,8-9H2,1H3/t11?,12-/m0/s1. The maximum absolute atomic E-state index is 11.3. The Labute approximate surface area is 95.8 Å². The molecule has 86 valence electrons. The van der Waals surface area contributed by atoms with Crippen molar-refractivity contribution in [2.75, 3.05) is 6.61 Å². The van der Waals surface area contributed by atoms with Crippen LogP contribution in [-0.2, 0) is 16.0 Å². The van der Waals surface area contributed by atoms with E-state index in [0.717, 1.165) is 12.8 Å². The molecule has 0 spiro atoms. The molecule has 0 saturated carbocycles. The lowest BCUT2D eigenvalue weighted by molar-refractivity contribution is -0.142. The molecule has 1 fully saturated rings. The van der Waals surface area contributed by atoms with Crippen LogP contribution in [0.4, 0.5) is 0 Å². The molecular formula is C13H17NO2. The number of hydrogen-bond acceptors (Lipinski definition) is 3. The SMILES string of the molecule is CCOC(=O)[C@H]1NC1CCc1ccccc1. The van der Waals surface area contributed by atoms with Crippen LogP contribution in [0.15, 0.2) is 30.3 Å². The minimum Gasteiger partial charge on any atom is -0.465 e. The van der Waals surface area contributed by atoms with Gasteiger partial charge < -0.3 is 4.74 Å². The molecule has 0 bridgehead atoms. The minimum absolute atomic E-state index is 0.0661. The molecule has 0 aliphatic carbocycles. The molecule has 1 unspecified atom stereocenters. The molecule has 16 heavy (non-hydrogen) atoms. The average Bonchev–Trinajstić information content (AvgIpc) is 3.08. The number of esters is 1. The van der Waals surface area contributed by atoms with Crippen LogP contribution < -0.4 is 5.32 Å². The Balaban J connectivity index is 1.72. The van der Waals surface area contributed by atoms with Gasteiger partial charge in [-0.15, -0.1) is 0 Å². The molecule has 3 nitrogen and oxygen atoms in total. The molecule has 1 aromatic rings. The van der Waals surface area contributed by atoms with Crippen LogP contribution in [0.2, 0.25) is 0 Å². The molecule has 2 atom stereocenters. The third-order valence-corrected chi connectivity index (χ3v) is 2.81. The second-order valence-electron chi connectivity index (χ2n) is 4.03. The van der Waals surface area contributed by atoms with E-state index in [1.165, 1.54) is 5.56 Å². The zero-order valence-corrected chi connectivity index (χ0v) is 9.48. The van der Waals surface area contributed by atoms with E-state index in [0.29, 0.717) is 12.6 Å². The van der Waals surface area contributed by atoms with Crippen molar-refractivity contribution < 1.29 is 9.53 Å². The van der Waals surface area contributed by atoms with Gasteiger partial charge >= 0.3 is 5.97 Å². The maximum atomic E-state index is 11.3. The third-order valence-electron chi connectivity index (χ3n) is 2.81. The number of nitrogens with one attached hydrogen (secondary N) is 1. The normalized spacial score (nSPS) is 22.8. The van der Waals surface area contributed by atoms with E-state index in [1.54, 1.807) is 0 Å². The molecular weight excluding hydrogens is 202 g/mol. The number of carbonyl (C=O) groups excluding carboxylic acids is 1. The highest BCUT2D eigenvalue weighted by Gasteiger charge is 2.42. The van der Waals surface area contributed by atoms with Gasteiger partial charge in [0, 0.05) is 6.04 Å². The summed E-state index contributed by atoms with van der Waals surface area (Å²) in [6.07, 6.45) is 2.00. The highest BCUT2D eigenvalue weighted by atomic mass is 16.5. The van der Waals surface area contributed by atoms with Crippen LogP contribution in [-0.4, -0.2) is 24.7 Å². The predicted octanol–water partition coefficient (Wildman–Crippen LogP) is 1.52. The smallest absolute Gasteiger partial charge is 0.324 e. The first-order valence-corrected chi connectivity index (χ1v) is 5.78. The summed E-state index contributed by atoms with van der Waals surface area (Å²) in [5.74, 6) is -0.111. The van der Waals surface area contributed by atoms with Crippen molar-refractivity contribution in [3.05, 3.63) is 35.9 Å². The summed E-state index contributed by atoms with van der Waals surface area (Å²) in [5, 5.41) is 3.15. The van der Waals surface area contributed by atoms with Gasteiger partial charge in [0.15, 0.2) is 0 Å². The van der Waals surface area contributed by atoms with E-state index >= 15 is 0 Å². The Morgan fingerprint density at radius 1 is 1.38 bits per heavy atom. The Hall–Kier alpha value is -1.35. The van der Waals surface area contributed by atoms with Gasteiger partial charge in [0.2, 0.25) is 0 Å². The second kappa shape index (κ2) is 5.12. The first kappa shape index (κ1) is 11.1. The monoisotopic (exact) mass is 219 g/mol. The Kier molecular flexibility index (Phi) is 3.57. The van der Waals surface area contributed by atoms with E-state index in [1.807, 2.05) is 25.1 Å². The quantitative estimate of drug-likeness (QED) is 0.603. The van der Waals surface area contributed by atoms with Gasteiger partial charge in [-0.25, -0.2) is 0 Å². The van der Waals surface area contributed by atoms with Crippen LogP contribution in [0.1, 0.15) is 18.9 Å². The summed E-state index contributed by atoms with van der Waals surface area (Å²) in [6, 6.07) is 10.6. The summed E-state index contributed by atoms with van der Waals surface area (Å²) in [5.41, 5.74) is 1.32. The molecule has 1 aromatic carbocycles. The van der Waals surface area contributed by atoms with Crippen LogP contribution in [0.25, 0.3) is 0 Å². The van der Waals surface area contributed by atoms with Crippen molar-refractivity contribution in [2.45, 2.75) is 31.8 Å². The van der Waals surface area contributed by atoms with Gasteiger partial charge in [0.25, 0.3) is 0 Å². The zero-order chi connectivity index (χ0) is 11.4. The van der Waals surface area contributed by atoms with Gasteiger partial charge in [-0.05, 0) is 25.3 Å². The van der Waals surface area contributed by atoms with Crippen molar-refractivity contribution in [3.8, 4) is 0 Å². The minimum atomic E-state index is -0.111. The van der Waals surface area contributed by atoms with Crippen molar-refractivity contribution in [1.82, 2.24) is 5.32 Å². The van der Waals surface area contributed by atoms with Crippen molar-refractivity contribution in [2.24, 2.45) is 0 Å². The molecule has 3 heteroatoms. The predicted molar refractivity (Wildman–Crippen MR) is 62.1 cm³/mol. The summed E-state index contributed by atoms with van der Waals surface area (Å²) in [4.78, 5) is 11.3. The van der Waals surface area contributed by atoms with E-state index in [9.17, 15) is 4.79 Å². The van der Waals surface area contributed by atoms with Crippen molar-refractivity contribution in [3.63, 3.8) is 0 Å². The van der Waals surface area contributed by atoms with Gasteiger partial charge in [0.1, 0.15) is 6.04 Å². The molecule has 1 aliphatic rings. The van der Waals surface area contributed by atoms with Gasteiger partial charge in [-0.2, -0.15) is 0 Å². The number of rotatable bonds is 5. The van der Waals surface area contributed by atoms with E-state index in [2.05, 4.69) is 17.4 Å². The fourth-order valence-electron chi connectivity index (χ4n) is 1.86. The Bertz CT molecular complexity index is 350. The van der Waals surface area contributed by atoms with Crippen LogP contribution in [0.5, 0.6) is 0 Å². The Morgan fingerprint density at radius 3 is 2.81 bits per heavy atom. The number of carbonyl (C=O) groups is 1. The van der Waals surface area contributed by atoms with Crippen molar-refractivity contribution >= 4 is 5.97 Å². The number of aryl methyl sites for hydroxylation is 1. The summed E-state index contributed by atoms with van der Waals surface area (Å²) >= 11 is 0. The maximum Gasteiger partial charge on any atom is 0.324 e. The summed E-state index contributed by atoms with van der Waals surface area (Å²) < 4.78 is 4.95. The lowest BCUT2D eigenvalue weighted by Crippen LogP contribution is -2.15. The second-order valence-corrected chi connectivity index (χ2v) is 4.03. The van der Waals surface area contributed by atoms with Crippen molar-refractivity contribution in [1.29, 1.82) is 0 Å². The van der Waals surface area contributed by atoms with E-state index in [4.69, 9.17) is 4.74 Å². The summed E-state index contributed by atoms with van der Waals surface area (Å²) in [7, 11) is 0. The van der Waals surface area contributed by atoms with Crippen LogP contribution in [0.3, 0.4) is 0 Å². The highest BCUT2D eigenvalue weighted by Crippen LogP contribution is 2.18. The fraction of sp³-hybridized carbons (Fsp3) is 0.462. The van der Waals surface area contributed by atoms with Gasteiger partial charge in [0.05, 0.1) is 6.61 Å². The first-order valence-electron chi connectivity index (χ1n) is 5.78. The molecule has 1 saturated heterocycles. The molecule has 1 N–H and O–H groups in total. The Morgan fingerprint density at radius 2 is 2.12 bits per heavy atom. The summed E-state index contributed by atoms with van der Waals surface area (Å²) in [6.45, 7) is 2.29. The molecule has 0 radical (unpaired) electrons. The number of hydrogen-bond donors (Lipinski definition) is 1. The van der Waals surface area contributed by atoms with E-state index in [-0.39, 0.29) is 12.0 Å². The van der Waals surface area contributed by atoms with Gasteiger partial charge in [-0.1, -0.05) is 30.3 Å². The number of benzene rings is 1. The highest BCUT2D eigenvalue weighted by molar-refractivity contribution is 5.80. The average molecular weight is 219 g/mol. The molecule has 0 amide bonds. The lowest BCUT2D eigenvalue weighted by Gasteiger charge is -2.00. The molecule has 1 aliphatic heterocycles. The third kappa shape index (κ3) is 2.83. The topological polar surface area (TPSA) is 48.2 Å². The van der Waals surface area contributed by atoms with Gasteiger partial charge in [-0.3, -0.25) is 10.1 Å². The first-order chi connectivity index (χ1) is 7.81. The van der Waals surface area contributed by atoms with E-state index < -0.39 is 0 Å². The van der Waals surface area contributed by atoms with Crippen LogP contribution in [0, 0.1) is 0 Å². The fourth-order valence-corrected chi connectivity index (χ4v) is 1.86. The zero-order valence-electron chi connectivity index (χ0n) is 9.48. The lowest BCUT2D eigenvalue weighted by atomic mass is 10.1. The molecule has 1 heterocycles. The number of ether oxygens (including phenoxy) is 1. The molecule has 0 aromatic heterocycles. The largest absolute Gasteiger partial charge is 0.465 e. The molecule has 2 rings (SSSR count). The van der Waals surface area contributed by atoms with Crippen LogP contribution >= 0.6 is 0 Å².